The highest BCUT2D eigenvalue weighted by Crippen LogP contribution is 2.36. The van der Waals surface area contributed by atoms with E-state index in [1.807, 2.05) is 30.3 Å². The Morgan fingerprint density at radius 3 is 2.68 bits per heavy atom. The summed E-state index contributed by atoms with van der Waals surface area (Å²) < 4.78 is 12.7. The van der Waals surface area contributed by atoms with Gasteiger partial charge in [0.05, 0.1) is 12.0 Å². The molecular formula is C23H21BrN2O4S. The van der Waals surface area contributed by atoms with Gasteiger partial charge in [0, 0.05) is 17.0 Å². The Kier molecular flexibility index (Phi) is 7.70. The molecule has 0 unspecified atom stereocenters. The quantitative estimate of drug-likeness (QED) is 0.433. The number of amides is 2. The summed E-state index contributed by atoms with van der Waals surface area (Å²) in [4.78, 5) is 27.7. The van der Waals surface area contributed by atoms with E-state index < -0.39 is 5.91 Å². The summed E-state index contributed by atoms with van der Waals surface area (Å²) in [6, 6.07) is 11.6. The van der Waals surface area contributed by atoms with E-state index in [0.717, 1.165) is 32.9 Å². The predicted molar refractivity (Wildman–Crippen MR) is 127 cm³/mol. The number of halogens is 1. The van der Waals surface area contributed by atoms with Gasteiger partial charge < -0.3 is 14.8 Å². The zero-order valence-corrected chi connectivity index (χ0v) is 19.5. The fourth-order valence-corrected chi connectivity index (χ4v) is 4.01. The van der Waals surface area contributed by atoms with Crippen LogP contribution in [0.25, 0.3) is 6.08 Å². The molecule has 1 N–H and O–H groups in total. The number of hydrogen-bond acceptors (Lipinski definition) is 5. The fourth-order valence-electron chi connectivity index (χ4n) is 2.89. The Balaban J connectivity index is 1.87. The van der Waals surface area contributed by atoms with E-state index >= 15 is 0 Å². The zero-order valence-electron chi connectivity index (χ0n) is 17.1. The van der Waals surface area contributed by atoms with Crippen molar-refractivity contribution in [2.24, 2.45) is 4.99 Å². The molecule has 0 atom stereocenters. The predicted octanol–water partition coefficient (Wildman–Crippen LogP) is 4.87. The van der Waals surface area contributed by atoms with Gasteiger partial charge in [-0.3, -0.25) is 9.59 Å². The second-order valence-electron chi connectivity index (χ2n) is 6.63. The molecule has 2 aromatic carbocycles. The van der Waals surface area contributed by atoms with E-state index in [0.29, 0.717) is 29.4 Å². The first kappa shape index (κ1) is 22.8. The normalized spacial score (nSPS) is 14.4. The molecule has 1 aliphatic heterocycles. The van der Waals surface area contributed by atoms with Crippen molar-refractivity contribution >= 4 is 50.7 Å². The summed E-state index contributed by atoms with van der Waals surface area (Å²) in [5.74, 6) is 0.519. The standard InChI is InChI=1S/C23H21BrN2O4S/c1-4-5-17-10-16(12-20-22(28)26-23(31-20)25-14(2)27)11-19(29-3)21(17)30-13-15-6-8-18(24)9-7-15/h4,6-12H,1,5,13H2,2-3H3,(H,25,26,27,28)/b20-12+. The van der Waals surface area contributed by atoms with Crippen molar-refractivity contribution in [3.8, 4) is 11.5 Å². The summed E-state index contributed by atoms with van der Waals surface area (Å²) in [5.41, 5.74) is 2.67. The second-order valence-corrected chi connectivity index (χ2v) is 8.58. The van der Waals surface area contributed by atoms with Crippen LogP contribution in [0.1, 0.15) is 23.6 Å². The van der Waals surface area contributed by atoms with Crippen LogP contribution in [0.15, 0.2) is 63.4 Å². The number of aliphatic imine (C=N–C) groups is 1. The van der Waals surface area contributed by atoms with Crippen molar-refractivity contribution in [1.29, 1.82) is 0 Å². The number of methoxy groups -OCH3 is 1. The van der Waals surface area contributed by atoms with Gasteiger partial charge in [0.2, 0.25) is 5.91 Å². The smallest absolute Gasteiger partial charge is 0.286 e. The molecule has 31 heavy (non-hydrogen) atoms. The Hall–Kier alpha value is -2.84. The number of carbonyl (C=O) groups is 2. The molecule has 0 aliphatic carbocycles. The zero-order chi connectivity index (χ0) is 22.4. The van der Waals surface area contributed by atoms with E-state index in [9.17, 15) is 9.59 Å². The van der Waals surface area contributed by atoms with E-state index in [-0.39, 0.29) is 11.1 Å². The maximum atomic E-state index is 12.2. The highest BCUT2D eigenvalue weighted by atomic mass is 79.9. The number of carbonyl (C=O) groups excluding carboxylic acids is 2. The lowest BCUT2D eigenvalue weighted by Gasteiger charge is -2.16. The van der Waals surface area contributed by atoms with Gasteiger partial charge in [0.15, 0.2) is 16.7 Å². The number of amidine groups is 1. The summed E-state index contributed by atoms with van der Waals surface area (Å²) in [5, 5.41) is 2.81. The second kappa shape index (κ2) is 10.5. The monoisotopic (exact) mass is 500 g/mol. The van der Waals surface area contributed by atoms with Crippen LogP contribution >= 0.6 is 27.7 Å². The van der Waals surface area contributed by atoms with E-state index in [2.05, 4.69) is 32.8 Å². The molecule has 2 aromatic rings. The average molecular weight is 501 g/mol. The number of ether oxygens (including phenoxy) is 2. The molecule has 3 rings (SSSR count). The number of hydrogen-bond donors (Lipinski definition) is 1. The van der Waals surface area contributed by atoms with Crippen LogP contribution in [0.5, 0.6) is 11.5 Å². The minimum absolute atomic E-state index is 0.275. The Morgan fingerprint density at radius 2 is 2.03 bits per heavy atom. The molecule has 0 aromatic heterocycles. The maximum absolute atomic E-state index is 12.2. The number of nitrogens with one attached hydrogen (secondary N) is 1. The summed E-state index contributed by atoms with van der Waals surface area (Å²) in [7, 11) is 1.57. The number of thioether (sulfide) groups is 1. The Morgan fingerprint density at radius 1 is 1.29 bits per heavy atom. The van der Waals surface area contributed by atoms with Crippen molar-refractivity contribution in [2.45, 2.75) is 20.0 Å². The first-order chi connectivity index (χ1) is 14.9. The van der Waals surface area contributed by atoms with Gasteiger partial charge >= 0.3 is 0 Å². The van der Waals surface area contributed by atoms with Crippen LogP contribution in [0.3, 0.4) is 0 Å². The van der Waals surface area contributed by atoms with Crippen molar-refractivity contribution in [3.05, 3.63) is 75.1 Å². The molecule has 1 aliphatic rings. The number of nitrogens with zero attached hydrogens (tertiary/aromatic N) is 1. The van der Waals surface area contributed by atoms with Gasteiger partial charge in [-0.2, -0.15) is 4.99 Å². The molecule has 0 radical (unpaired) electrons. The Labute approximate surface area is 193 Å². The third kappa shape index (κ3) is 6.08. The van der Waals surface area contributed by atoms with Gasteiger partial charge in [-0.25, -0.2) is 0 Å². The van der Waals surface area contributed by atoms with Crippen molar-refractivity contribution in [1.82, 2.24) is 5.32 Å². The third-order valence-corrected chi connectivity index (χ3v) is 5.66. The molecular weight excluding hydrogens is 480 g/mol. The third-order valence-electron chi connectivity index (χ3n) is 4.24. The first-order valence-corrected chi connectivity index (χ1v) is 11.0. The van der Waals surface area contributed by atoms with E-state index in [1.165, 1.54) is 6.92 Å². The highest BCUT2D eigenvalue weighted by Gasteiger charge is 2.23. The minimum Gasteiger partial charge on any atom is -0.493 e. The van der Waals surface area contributed by atoms with Gasteiger partial charge in [0.1, 0.15) is 6.61 Å². The highest BCUT2D eigenvalue weighted by molar-refractivity contribution is 9.10. The number of rotatable bonds is 7. The molecule has 0 fully saturated rings. The van der Waals surface area contributed by atoms with E-state index in [1.54, 1.807) is 25.3 Å². The lowest BCUT2D eigenvalue weighted by molar-refractivity contribution is -0.117. The largest absolute Gasteiger partial charge is 0.493 e. The molecule has 160 valence electrons. The van der Waals surface area contributed by atoms with Crippen molar-refractivity contribution in [3.63, 3.8) is 0 Å². The van der Waals surface area contributed by atoms with Crippen LogP contribution in [-0.4, -0.2) is 24.1 Å². The van der Waals surface area contributed by atoms with Crippen LogP contribution in [-0.2, 0) is 22.6 Å². The Bertz CT molecular complexity index is 1080. The molecule has 0 spiro atoms. The average Bonchev–Trinajstić information content (AvgIpc) is 3.06. The van der Waals surface area contributed by atoms with Gasteiger partial charge in [-0.05, 0) is 59.7 Å². The molecule has 0 bridgehead atoms. The van der Waals surface area contributed by atoms with E-state index in [4.69, 9.17) is 9.47 Å². The first-order valence-electron chi connectivity index (χ1n) is 9.38. The minimum atomic E-state index is -0.395. The van der Waals surface area contributed by atoms with Gasteiger partial charge in [-0.1, -0.05) is 34.1 Å². The molecule has 1 heterocycles. The van der Waals surface area contributed by atoms with Crippen LogP contribution < -0.4 is 14.8 Å². The van der Waals surface area contributed by atoms with Crippen LogP contribution in [0.2, 0.25) is 0 Å². The molecule has 2 amide bonds. The number of benzene rings is 2. The molecule has 0 saturated carbocycles. The topological polar surface area (TPSA) is 77.0 Å². The summed E-state index contributed by atoms with van der Waals surface area (Å²) in [6.45, 7) is 5.58. The lowest BCUT2D eigenvalue weighted by atomic mass is 10.0. The molecule has 6 nitrogen and oxygen atoms in total. The lowest BCUT2D eigenvalue weighted by Crippen LogP contribution is -2.23. The van der Waals surface area contributed by atoms with Gasteiger partial charge in [0.25, 0.3) is 5.91 Å². The van der Waals surface area contributed by atoms with Crippen molar-refractivity contribution < 1.29 is 19.1 Å². The maximum Gasteiger partial charge on any atom is 0.286 e. The van der Waals surface area contributed by atoms with Crippen LogP contribution in [0.4, 0.5) is 0 Å². The number of allylic oxidation sites excluding steroid dienone is 1. The summed E-state index contributed by atoms with van der Waals surface area (Å²) >= 11 is 4.55. The van der Waals surface area contributed by atoms with Crippen LogP contribution in [0, 0.1) is 0 Å². The SMILES string of the molecule is C=CCc1cc(/C=C2/SC(NC(C)=O)=NC2=O)cc(OC)c1OCc1ccc(Br)cc1. The van der Waals surface area contributed by atoms with Gasteiger partial charge in [-0.15, -0.1) is 6.58 Å². The summed E-state index contributed by atoms with van der Waals surface area (Å²) in [6.07, 6.45) is 4.07. The van der Waals surface area contributed by atoms with Crippen molar-refractivity contribution in [2.75, 3.05) is 7.11 Å². The molecule has 8 heteroatoms. The molecule has 0 saturated heterocycles. The fraction of sp³-hybridized carbons (Fsp3) is 0.174.